The summed E-state index contributed by atoms with van der Waals surface area (Å²) < 4.78 is 4.78. The third-order valence-corrected chi connectivity index (χ3v) is 5.95. The van der Waals surface area contributed by atoms with E-state index in [1.54, 1.807) is 7.05 Å². The number of aryl methyl sites for hydroxylation is 4. The van der Waals surface area contributed by atoms with Gasteiger partial charge in [0.25, 0.3) is 5.56 Å². The van der Waals surface area contributed by atoms with Crippen LogP contribution >= 0.6 is 0 Å². The second-order valence-corrected chi connectivity index (χ2v) is 8.30. The average molecular weight is 415 g/mol. The molecule has 0 amide bonds. The number of nitrogens with zero attached hydrogens (tertiary/aromatic N) is 5. The van der Waals surface area contributed by atoms with Gasteiger partial charge in [-0.05, 0) is 43.5 Å². The number of rotatable bonds is 3. The minimum atomic E-state index is -0.350. The van der Waals surface area contributed by atoms with Gasteiger partial charge in [-0.2, -0.15) is 4.98 Å². The molecule has 0 radical (unpaired) electrons. The summed E-state index contributed by atoms with van der Waals surface area (Å²) in [6.45, 7) is 5.82. The van der Waals surface area contributed by atoms with Gasteiger partial charge in [-0.1, -0.05) is 42.0 Å². The lowest BCUT2D eigenvalue weighted by molar-refractivity contribution is 0.597. The predicted molar refractivity (Wildman–Crippen MR) is 122 cm³/mol. The van der Waals surface area contributed by atoms with Crippen molar-refractivity contribution in [1.82, 2.24) is 18.7 Å². The molecule has 7 heteroatoms. The number of imidazole rings is 1. The zero-order valence-corrected chi connectivity index (χ0v) is 18.0. The first-order valence-corrected chi connectivity index (χ1v) is 10.5. The molecule has 3 heterocycles. The quantitative estimate of drug-likeness (QED) is 0.516. The second kappa shape index (κ2) is 7.27. The SMILES string of the molecule is Cc1cccc(Cn2c(=O)c3c(nc4n3CCCN4c3cccc(C)c3)n(C)c2=O)c1. The summed E-state index contributed by atoms with van der Waals surface area (Å²) in [5.74, 6) is 0.715. The van der Waals surface area contributed by atoms with Crippen molar-refractivity contribution in [2.45, 2.75) is 33.4 Å². The first kappa shape index (κ1) is 19.4. The average Bonchev–Trinajstić information content (AvgIpc) is 3.15. The summed E-state index contributed by atoms with van der Waals surface area (Å²) in [7, 11) is 1.69. The van der Waals surface area contributed by atoms with Gasteiger partial charge < -0.3 is 9.47 Å². The highest BCUT2D eigenvalue weighted by Gasteiger charge is 2.27. The Bertz CT molecular complexity index is 1430. The second-order valence-electron chi connectivity index (χ2n) is 8.30. The fraction of sp³-hybridized carbons (Fsp3) is 0.292. The van der Waals surface area contributed by atoms with Gasteiger partial charge in [0.05, 0.1) is 6.54 Å². The Morgan fingerprint density at radius 3 is 2.45 bits per heavy atom. The number of hydrogen-bond acceptors (Lipinski definition) is 4. The molecule has 31 heavy (non-hydrogen) atoms. The van der Waals surface area contributed by atoms with Crippen molar-refractivity contribution in [1.29, 1.82) is 0 Å². The molecule has 0 unspecified atom stereocenters. The Balaban J connectivity index is 1.71. The molecule has 4 aromatic rings. The van der Waals surface area contributed by atoms with Crippen molar-refractivity contribution in [2.24, 2.45) is 7.05 Å². The van der Waals surface area contributed by atoms with Crippen molar-refractivity contribution in [3.63, 3.8) is 0 Å². The van der Waals surface area contributed by atoms with Crippen molar-refractivity contribution < 1.29 is 0 Å². The summed E-state index contributed by atoms with van der Waals surface area (Å²) in [4.78, 5) is 33.4. The van der Waals surface area contributed by atoms with Gasteiger partial charge in [0, 0.05) is 25.8 Å². The molecule has 0 bridgehead atoms. The van der Waals surface area contributed by atoms with E-state index in [4.69, 9.17) is 4.98 Å². The highest BCUT2D eigenvalue weighted by atomic mass is 16.2. The minimum Gasteiger partial charge on any atom is -0.312 e. The van der Waals surface area contributed by atoms with E-state index < -0.39 is 0 Å². The standard InChI is InChI=1S/C24H25N5O2/c1-16-7-4-9-18(13-16)15-29-22(30)20-21(26(3)24(29)31)25-23-27(11-6-12-28(20)23)19-10-5-8-17(2)14-19/h4-5,7-10,13-14H,6,11-12,15H2,1-3H3. The lowest BCUT2D eigenvalue weighted by atomic mass is 10.1. The van der Waals surface area contributed by atoms with Gasteiger partial charge in [-0.25, -0.2) is 4.79 Å². The molecule has 0 N–H and O–H groups in total. The lowest BCUT2D eigenvalue weighted by Crippen LogP contribution is -2.40. The van der Waals surface area contributed by atoms with Crippen LogP contribution in [0.5, 0.6) is 0 Å². The van der Waals surface area contributed by atoms with Crippen LogP contribution in [0.3, 0.4) is 0 Å². The third-order valence-electron chi connectivity index (χ3n) is 5.95. The van der Waals surface area contributed by atoms with Gasteiger partial charge in [0.2, 0.25) is 5.95 Å². The molecule has 0 atom stereocenters. The van der Waals surface area contributed by atoms with E-state index in [0.29, 0.717) is 23.7 Å². The zero-order valence-electron chi connectivity index (χ0n) is 18.0. The monoisotopic (exact) mass is 415 g/mol. The maximum absolute atomic E-state index is 13.5. The summed E-state index contributed by atoms with van der Waals surface area (Å²) in [6.07, 6.45) is 0.895. The summed E-state index contributed by atoms with van der Waals surface area (Å²) in [6, 6.07) is 16.1. The molecule has 0 fully saturated rings. The molecule has 2 aromatic heterocycles. The van der Waals surface area contributed by atoms with E-state index in [-0.39, 0.29) is 17.8 Å². The maximum Gasteiger partial charge on any atom is 0.332 e. The molecule has 1 aliphatic rings. The predicted octanol–water partition coefficient (Wildman–Crippen LogP) is 3.10. The van der Waals surface area contributed by atoms with E-state index in [1.165, 1.54) is 14.7 Å². The first-order valence-electron chi connectivity index (χ1n) is 10.5. The van der Waals surface area contributed by atoms with E-state index >= 15 is 0 Å². The molecule has 7 nitrogen and oxygen atoms in total. The van der Waals surface area contributed by atoms with Crippen LogP contribution in [0.15, 0.2) is 58.1 Å². The van der Waals surface area contributed by atoms with Crippen LogP contribution in [0.25, 0.3) is 11.2 Å². The molecular weight excluding hydrogens is 390 g/mol. The van der Waals surface area contributed by atoms with E-state index in [2.05, 4.69) is 30.0 Å². The van der Waals surface area contributed by atoms with Crippen LogP contribution in [0.2, 0.25) is 0 Å². The van der Waals surface area contributed by atoms with Gasteiger partial charge >= 0.3 is 5.69 Å². The molecular formula is C24H25N5O2. The smallest absolute Gasteiger partial charge is 0.312 e. The molecule has 1 aliphatic heterocycles. The first-order chi connectivity index (χ1) is 14.9. The van der Waals surface area contributed by atoms with Crippen LogP contribution in [0.1, 0.15) is 23.1 Å². The molecule has 0 saturated heterocycles. The molecule has 2 aromatic carbocycles. The van der Waals surface area contributed by atoms with Gasteiger partial charge in [-0.15, -0.1) is 0 Å². The Morgan fingerprint density at radius 2 is 1.71 bits per heavy atom. The fourth-order valence-corrected chi connectivity index (χ4v) is 4.44. The van der Waals surface area contributed by atoms with Gasteiger partial charge in [0.15, 0.2) is 11.2 Å². The number of hydrogen-bond donors (Lipinski definition) is 0. The van der Waals surface area contributed by atoms with Crippen LogP contribution in [-0.2, 0) is 20.1 Å². The number of anilines is 2. The van der Waals surface area contributed by atoms with Crippen molar-refractivity contribution >= 4 is 22.8 Å². The fourth-order valence-electron chi connectivity index (χ4n) is 4.44. The molecule has 158 valence electrons. The topological polar surface area (TPSA) is 65.1 Å². The van der Waals surface area contributed by atoms with E-state index in [0.717, 1.165) is 29.8 Å². The molecule has 0 aliphatic carbocycles. The van der Waals surface area contributed by atoms with Crippen molar-refractivity contribution in [3.05, 3.63) is 86.1 Å². The third kappa shape index (κ3) is 3.17. The highest BCUT2D eigenvalue weighted by Crippen LogP contribution is 2.31. The van der Waals surface area contributed by atoms with Crippen LogP contribution in [0.4, 0.5) is 11.6 Å². The largest absolute Gasteiger partial charge is 0.332 e. The maximum atomic E-state index is 13.5. The zero-order chi connectivity index (χ0) is 21.7. The summed E-state index contributed by atoms with van der Waals surface area (Å²) in [5, 5.41) is 0. The number of aromatic nitrogens is 4. The normalized spacial score (nSPS) is 13.6. The van der Waals surface area contributed by atoms with E-state index in [1.807, 2.05) is 41.8 Å². The summed E-state index contributed by atoms with van der Waals surface area (Å²) in [5.41, 5.74) is 4.52. The van der Waals surface area contributed by atoms with Gasteiger partial charge in [0.1, 0.15) is 0 Å². The van der Waals surface area contributed by atoms with Crippen LogP contribution in [-0.4, -0.2) is 25.2 Å². The summed E-state index contributed by atoms with van der Waals surface area (Å²) >= 11 is 0. The highest BCUT2D eigenvalue weighted by molar-refractivity contribution is 5.77. The Hall–Kier alpha value is -3.61. The number of fused-ring (bicyclic) bond motifs is 3. The van der Waals surface area contributed by atoms with Crippen LogP contribution < -0.4 is 16.1 Å². The Morgan fingerprint density at radius 1 is 0.968 bits per heavy atom. The van der Waals surface area contributed by atoms with Crippen molar-refractivity contribution in [2.75, 3.05) is 11.4 Å². The molecule has 5 rings (SSSR count). The minimum absolute atomic E-state index is 0.241. The molecule has 0 saturated carbocycles. The molecule has 0 spiro atoms. The Kier molecular flexibility index (Phi) is 4.54. The Labute approximate surface area is 179 Å². The lowest BCUT2D eigenvalue weighted by Gasteiger charge is -2.29. The van der Waals surface area contributed by atoms with Crippen molar-refractivity contribution in [3.8, 4) is 0 Å². The van der Waals surface area contributed by atoms with E-state index in [9.17, 15) is 9.59 Å². The van der Waals surface area contributed by atoms with Crippen LogP contribution in [0, 0.1) is 13.8 Å². The van der Waals surface area contributed by atoms with Gasteiger partial charge in [-0.3, -0.25) is 13.9 Å². The number of benzene rings is 2.